The maximum Gasteiger partial charge on any atom is 0.425 e. The van der Waals surface area contributed by atoms with Gasteiger partial charge in [-0.1, -0.05) is 24.3 Å². The van der Waals surface area contributed by atoms with Crippen LogP contribution >= 0.6 is 22.7 Å². The van der Waals surface area contributed by atoms with Crippen LogP contribution in [0.15, 0.2) is 72.1 Å². The average molecular weight is 627 g/mol. The molecule has 2 aliphatic carbocycles. The molecule has 5 aromatic rings. The van der Waals surface area contributed by atoms with Crippen LogP contribution in [0.5, 0.6) is 0 Å². The molecule has 0 N–H and O–H groups in total. The lowest BCUT2D eigenvalue weighted by Crippen LogP contribution is -2.00. The minimum atomic E-state index is -4.48. The highest BCUT2D eigenvalue weighted by Gasteiger charge is 2.37. The van der Waals surface area contributed by atoms with Crippen molar-refractivity contribution in [3.05, 3.63) is 127 Å². The van der Waals surface area contributed by atoms with E-state index in [-0.39, 0.29) is 22.7 Å². The van der Waals surface area contributed by atoms with E-state index >= 15 is 0 Å². The number of hydrogen-bond acceptors (Lipinski definition) is 6. The van der Waals surface area contributed by atoms with Crippen molar-refractivity contribution in [1.82, 2.24) is 9.97 Å². The number of alkyl halides is 3. The molecule has 0 aliphatic heterocycles. The van der Waals surface area contributed by atoms with Crippen LogP contribution in [0.4, 0.5) is 13.2 Å². The number of halogens is 3. The molecule has 0 fully saturated rings. The molecule has 2 aromatic carbocycles. The van der Waals surface area contributed by atoms with E-state index in [0.29, 0.717) is 66.7 Å². The van der Waals surface area contributed by atoms with E-state index in [9.17, 15) is 23.7 Å². The quantitative estimate of drug-likeness (QED) is 0.141. The van der Waals surface area contributed by atoms with Crippen molar-refractivity contribution in [3.8, 4) is 55.5 Å². The molecule has 6 nitrogen and oxygen atoms in total. The van der Waals surface area contributed by atoms with Crippen molar-refractivity contribution in [2.24, 2.45) is 0 Å². The van der Waals surface area contributed by atoms with E-state index in [1.165, 1.54) is 6.07 Å². The van der Waals surface area contributed by atoms with Gasteiger partial charge in [0.25, 0.3) is 11.4 Å². The first-order valence-corrected chi connectivity index (χ1v) is 14.8. The molecule has 0 atom stereocenters. The third-order valence-electron chi connectivity index (χ3n) is 7.56. The van der Waals surface area contributed by atoms with Crippen LogP contribution in [-0.2, 0) is 6.18 Å². The highest BCUT2D eigenvalue weighted by atomic mass is 32.1. The van der Waals surface area contributed by atoms with Crippen LogP contribution in [0.25, 0.3) is 64.2 Å². The van der Waals surface area contributed by atoms with Crippen LogP contribution < -0.4 is 0 Å². The van der Waals surface area contributed by atoms with Crippen molar-refractivity contribution in [3.63, 3.8) is 0 Å². The van der Waals surface area contributed by atoms with Gasteiger partial charge in [-0.15, -0.1) is 22.7 Å². The summed E-state index contributed by atoms with van der Waals surface area (Å²) in [6.07, 6.45) is -4.48. The Balaban J connectivity index is 1.46. The summed E-state index contributed by atoms with van der Waals surface area (Å²) in [5, 5.41) is 19.9. The molecule has 0 saturated heterocycles. The molecule has 3 aromatic heterocycles. The number of hydrogen-bond donors (Lipinski definition) is 0. The van der Waals surface area contributed by atoms with E-state index < -0.39 is 11.1 Å². The Hall–Kier alpha value is -5.85. The molecule has 3 heterocycles. The number of nitriles is 2. The van der Waals surface area contributed by atoms with E-state index in [1.807, 2.05) is 49.4 Å². The molecule has 0 amide bonds. The van der Waals surface area contributed by atoms with Gasteiger partial charge < -0.3 is 0 Å². The van der Waals surface area contributed by atoms with Gasteiger partial charge >= 0.3 is 6.18 Å². The Morgan fingerprint density at radius 3 is 1.58 bits per heavy atom. The number of allylic oxidation sites excluding steroid dienone is 2. The van der Waals surface area contributed by atoms with Gasteiger partial charge in [0.05, 0.1) is 48.1 Å². The monoisotopic (exact) mass is 626 g/mol. The SMILES string of the molecule is [C-]#[N+]/C(C#N)=C1/c2cc(-c3ccc(C(F)(F)F)s3)ccc2-c2nc3c(nc21)-c1ccc(-c2ccc(C)s2)cc1/C3=C(/C#N)[N+]#[C-]. The predicted molar refractivity (Wildman–Crippen MR) is 166 cm³/mol. The number of aromatic nitrogens is 2. The van der Waals surface area contributed by atoms with Gasteiger partial charge in [-0.05, 0) is 65.6 Å². The maximum absolute atomic E-state index is 13.3. The number of nitrogens with zero attached hydrogens (tertiary/aromatic N) is 6. The third kappa shape index (κ3) is 4.26. The lowest BCUT2D eigenvalue weighted by molar-refractivity contribution is -0.134. The largest absolute Gasteiger partial charge is 0.425 e. The normalized spacial score (nSPS) is 14.7. The zero-order chi connectivity index (χ0) is 31.6. The standard InChI is InChI=1S/C34H13F3N6S2/c1-16-4-9-25(44-16)17-5-7-19-21(12-17)28(23(14-38)40-2)32-30(19)42-33-29(24(15-39)41-3)22-13-18(6-8-20(22)31(33)43-32)26-10-11-27(45-26)34(35,36)37/h4-13H,1H3/b28-23+,29-24-. The first-order chi connectivity index (χ1) is 21.7. The number of fused-ring (bicyclic) bond motifs is 6. The van der Waals surface area contributed by atoms with E-state index in [4.69, 9.17) is 23.1 Å². The van der Waals surface area contributed by atoms with Crippen molar-refractivity contribution in [2.45, 2.75) is 13.1 Å². The van der Waals surface area contributed by atoms with Crippen molar-refractivity contribution < 1.29 is 13.2 Å². The molecule has 11 heteroatoms. The lowest BCUT2D eigenvalue weighted by Gasteiger charge is -2.06. The first-order valence-electron chi connectivity index (χ1n) is 13.2. The number of thiophene rings is 2. The molecule has 0 radical (unpaired) electrons. The number of aryl methyl sites for hydroxylation is 1. The summed E-state index contributed by atoms with van der Waals surface area (Å²) in [5.74, 6) is 0. The lowest BCUT2D eigenvalue weighted by atomic mass is 10.00. The molecule has 0 saturated carbocycles. The van der Waals surface area contributed by atoms with Crippen LogP contribution in [0, 0.1) is 42.7 Å². The van der Waals surface area contributed by atoms with Crippen molar-refractivity contribution in [1.29, 1.82) is 10.5 Å². The summed E-state index contributed by atoms with van der Waals surface area (Å²) in [7, 11) is 0. The second kappa shape index (κ2) is 10.1. The smallest absolute Gasteiger partial charge is 0.245 e. The van der Waals surface area contributed by atoms with Crippen LogP contribution in [0.2, 0.25) is 0 Å². The van der Waals surface area contributed by atoms with Crippen molar-refractivity contribution >= 4 is 33.8 Å². The Morgan fingerprint density at radius 1 is 0.689 bits per heavy atom. The fourth-order valence-electron chi connectivity index (χ4n) is 5.62. The molecule has 2 aliphatic rings. The molecule has 7 rings (SSSR count). The summed E-state index contributed by atoms with van der Waals surface area (Å²) in [4.78, 5) is 18.6. The second-order valence-electron chi connectivity index (χ2n) is 10.1. The third-order valence-corrected chi connectivity index (χ3v) is 9.79. The van der Waals surface area contributed by atoms with Crippen LogP contribution in [0.1, 0.15) is 32.3 Å². The van der Waals surface area contributed by atoms with Gasteiger partial charge in [-0.3, -0.25) is 0 Å². The average Bonchev–Trinajstić information content (AvgIpc) is 3.82. The Bertz CT molecular complexity index is 2350. The van der Waals surface area contributed by atoms with Gasteiger partial charge in [0.2, 0.25) is 0 Å². The molecular formula is C34H13F3N6S2. The summed E-state index contributed by atoms with van der Waals surface area (Å²) in [6.45, 7) is 17.5. The second-order valence-corrected chi connectivity index (χ2v) is 12.5. The Labute approximate surface area is 262 Å². The Kier molecular flexibility index (Phi) is 6.28. The zero-order valence-corrected chi connectivity index (χ0v) is 24.5. The fourth-order valence-corrected chi connectivity index (χ4v) is 7.36. The zero-order valence-electron chi connectivity index (χ0n) is 22.9. The summed E-state index contributed by atoms with van der Waals surface area (Å²) >= 11 is 2.22. The van der Waals surface area contributed by atoms with Gasteiger partial charge in [-0.25, -0.2) is 30.2 Å². The van der Waals surface area contributed by atoms with E-state index in [0.717, 1.165) is 21.4 Å². The predicted octanol–water partition coefficient (Wildman–Crippen LogP) is 9.63. The van der Waals surface area contributed by atoms with Crippen LogP contribution in [-0.4, -0.2) is 9.97 Å². The highest BCUT2D eigenvalue weighted by molar-refractivity contribution is 7.15. The van der Waals surface area contributed by atoms with E-state index in [1.54, 1.807) is 29.5 Å². The molecule has 212 valence electrons. The summed E-state index contributed by atoms with van der Waals surface area (Å²) in [5.41, 5.74) is 5.23. The molecule has 45 heavy (non-hydrogen) atoms. The van der Waals surface area contributed by atoms with Gasteiger partial charge in [0, 0.05) is 36.9 Å². The Morgan fingerprint density at radius 2 is 1.18 bits per heavy atom. The summed E-state index contributed by atoms with van der Waals surface area (Å²) in [6, 6.07) is 21.1. The molecule has 0 bridgehead atoms. The first kappa shape index (κ1) is 28.0. The summed E-state index contributed by atoms with van der Waals surface area (Å²) < 4.78 is 40.0. The number of rotatable bonds is 2. The van der Waals surface area contributed by atoms with E-state index in [2.05, 4.69) is 9.69 Å². The molecule has 0 spiro atoms. The fraction of sp³-hybridized carbons (Fsp3) is 0.0588. The van der Waals surface area contributed by atoms with Gasteiger partial charge in [0.1, 0.15) is 4.88 Å². The highest BCUT2D eigenvalue weighted by Crippen LogP contribution is 2.52. The van der Waals surface area contributed by atoms with Gasteiger partial charge in [-0.2, -0.15) is 13.2 Å². The van der Waals surface area contributed by atoms with Crippen LogP contribution in [0.3, 0.4) is 0 Å². The van der Waals surface area contributed by atoms with Crippen molar-refractivity contribution in [2.75, 3.05) is 0 Å². The maximum atomic E-state index is 13.3. The molecule has 0 unspecified atom stereocenters. The van der Waals surface area contributed by atoms with Gasteiger partial charge in [0.15, 0.2) is 0 Å². The minimum absolute atomic E-state index is 0.148. The minimum Gasteiger partial charge on any atom is -0.245 e. The molecular weight excluding hydrogens is 614 g/mol. The number of benzene rings is 2. The topological polar surface area (TPSA) is 82.1 Å².